The van der Waals surface area contributed by atoms with Crippen molar-refractivity contribution in [1.82, 2.24) is 10.2 Å². The summed E-state index contributed by atoms with van der Waals surface area (Å²) in [6.07, 6.45) is 1.83. The number of carboxylic acid groups (broad SMARTS) is 1. The molecule has 2 amide bonds. The first-order chi connectivity index (χ1) is 18.1. The number of alkyl halides is 3. The number of phenols is 1. The molecule has 0 bridgehead atoms. The van der Waals surface area contributed by atoms with Crippen molar-refractivity contribution in [2.75, 3.05) is 18.4 Å². The van der Waals surface area contributed by atoms with Crippen LogP contribution in [0.3, 0.4) is 0 Å². The molecular weight excluding hydrogens is 574 g/mol. The Bertz CT molecular complexity index is 1240. The van der Waals surface area contributed by atoms with Crippen LogP contribution in [-0.4, -0.2) is 72.1 Å². The minimum atomic E-state index is -5.08. The molecule has 0 radical (unpaired) electrons. The van der Waals surface area contributed by atoms with E-state index in [2.05, 4.69) is 15.5 Å². The molecule has 1 heterocycles. The average Bonchev–Trinajstić information content (AvgIpc) is 3.20. The number of benzene rings is 1. The molecule has 1 aliphatic heterocycles. The number of hydrogen-bond donors (Lipinski definition) is 4. The van der Waals surface area contributed by atoms with Crippen LogP contribution in [0.4, 0.5) is 23.7 Å². The quantitative estimate of drug-likeness (QED) is 0.353. The largest absolute Gasteiger partial charge is 0.504 e. The van der Waals surface area contributed by atoms with Crippen molar-refractivity contribution in [2.24, 2.45) is 0 Å². The summed E-state index contributed by atoms with van der Waals surface area (Å²) in [7, 11) is -4.29. The van der Waals surface area contributed by atoms with Gasteiger partial charge in [-0.25, -0.2) is 18.0 Å². The number of likely N-dealkylation sites (tertiary alicyclic amines) is 1. The molecule has 1 atom stereocenters. The van der Waals surface area contributed by atoms with Gasteiger partial charge in [0, 0.05) is 12.4 Å². The van der Waals surface area contributed by atoms with Crippen LogP contribution in [0.2, 0.25) is 5.02 Å². The Hall–Kier alpha value is -2.22. The Morgan fingerprint density at radius 3 is 2.18 bits per heavy atom. The summed E-state index contributed by atoms with van der Waals surface area (Å²) in [5.41, 5.74) is -0.0981. The van der Waals surface area contributed by atoms with E-state index in [4.69, 9.17) is 34.5 Å². The van der Waals surface area contributed by atoms with Crippen molar-refractivity contribution < 1.29 is 42.8 Å². The molecule has 1 aromatic rings. The van der Waals surface area contributed by atoms with Gasteiger partial charge in [0.15, 0.2) is 15.6 Å². The smallest absolute Gasteiger partial charge is 0.490 e. The Morgan fingerprint density at radius 2 is 1.71 bits per heavy atom. The standard InChI is InChI=1S/C21H27Cl2N3O4S.C2HF3O2/c22-15-5-2-6-17(15)24-21(28)25-18-8-7-16(23)20(19(18)27)31(29,30)14-9-11-26(12-10-14)13-3-1-4-13;3-2(4,5)1(6)7/h5,7-8,13-14,17,27H,1-4,6,9-12H2,(H2,24,25,28);(H,6,7)/t17-;/m1./s1/i14D;. The van der Waals surface area contributed by atoms with Gasteiger partial charge in [0.25, 0.3) is 0 Å². The summed E-state index contributed by atoms with van der Waals surface area (Å²) in [6.45, 7) is 1.03. The normalized spacial score (nSPS) is 22.3. The van der Waals surface area contributed by atoms with Gasteiger partial charge in [-0.2, -0.15) is 13.2 Å². The summed E-state index contributed by atoms with van der Waals surface area (Å²) in [6, 6.07) is 2.16. The summed E-state index contributed by atoms with van der Waals surface area (Å²) in [4.78, 5) is 23.0. The molecule has 2 aliphatic carbocycles. The van der Waals surface area contributed by atoms with E-state index in [9.17, 15) is 31.5 Å². The van der Waals surface area contributed by atoms with Crippen LogP contribution in [-0.2, 0) is 14.6 Å². The van der Waals surface area contributed by atoms with Gasteiger partial charge in [-0.3, -0.25) is 0 Å². The highest BCUT2D eigenvalue weighted by Crippen LogP contribution is 2.41. The number of rotatable bonds is 5. The number of allylic oxidation sites excluding steroid dienone is 1. The highest BCUT2D eigenvalue weighted by molar-refractivity contribution is 7.92. The fraction of sp³-hybridized carbons (Fsp3) is 0.565. The zero-order chi connectivity index (χ0) is 29.2. The number of phenolic OH excluding ortho intramolecular Hbond substituents is 1. The zero-order valence-corrected chi connectivity index (χ0v) is 22.4. The number of piperidine rings is 1. The Morgan fingerprint density at radius 1 is 1.11 bits per heavy atom. The number of carboxylic acids is 1. The molecule has 1 saturated heterocycles. The fourth-order valence-electron chi connectivity index (χ4n) is 4.33. The lowest BCUT2D eigenvalue weighted by Gasteiger charge is -2.41. The molecule has 15 heteroatoms. The number of carbonyl (C=O) groups is 2. The number of anilines is 1. The van der Waals surface area contributed by atoms with Crippen molar-refractivity contribution >= 4 is 50.7 Å². The highest BCUT2D eigenvalue weighted by atomic mass is 35.5. The first-order valence-corrected chi connectivity index (χ1v) is 14.0. The summed E-state index contributed by atoms with van der Waals surface area (Å²) >= 11 is 12.2. The van der Waals surface area contributed by atoms with Crippen molar-refractivity contribution in [3.05, 3.63) is 28.3 Å². The van der Waals surface area contributed by atoms with E-state index in [0.717, 1.165) is 19.3 Å². The molecular formula is C23H28Cl2F3N3O6S. The monoisotopic (exact) mass is 602 g/mol. The molecule has 0 spiro atoms. The van der Waals surface area contributed by atoms with E-state index in [0.29, 0.717) is 30.6 Å². The summed E-state index contributed by atoms with van der Waals surface area (Å²) in [5, 5.41) is 21.6. The van der Waals surface area contributed by atoms with Gasteiger partial charge in [0.1, 0.15) is 4.90 Å². The number of urea groups is 1. The van der Waals surface area contributed by atoms with E-state index >= 15 is 0 Å². The molecule has 1 saturated carbocycles. The minimum absolute atomic E-state index is 0.0981. The summed E-state index contributed by atoms with van der Waals surface area (Å²) < 4.78 is 67.4. The van der Waals surface area contributed by atoms with Crippen molar-refractivity contribution in [3.63, 3.8) is 0 Å². The lowest BCUT2D eigenvalue weighted by atomic mass is 9.90. The van der Waals surface area contributed by atoms with E-state index in [1.807, 2.05) is 6.08 Å². The van der Waals surface area contributed by atoms with E-state index in [1.165, 1.54) is 18.6 Å². The fourth-order valence-corrected chi connectivity index (χ4v) is 6.76. The molecule has 0 unspecified atom stereocenters. The van der Waals surface area contributed by atoms with Crippen LogP contribution in [0.5, 0.6) is 5.75 Å². The van der Waals surface area contributed by atoms with Crippen LogP contribution in [0.1, 0.15) is 46.3 Å². The number of aromatic hydroxyl groups is 1. The SMILES string of the molecule is O=C(O)C(F)(F)F.[2H]C1(S(=O)(=O)c2c(Cl)ccc(NC(=O)N[C@@H]3CCC=C3Cl)c2O)CCN(C2CCC2)CC1. The molecule has 38 heavy (non-hydrogen) atoms. The number of carbonyl (C=O) groups excluding carboxylic acids is 1. The Labute approximate surface area is 229 Å². The van der Waals surface area contributed by atoms with Gasteiger partial charge in [0.2, 0.25) is 0 Å². The van der Waals surface area contributed by atoms with Crippen LogP contribution in [0.25, 0.3) is 0 Å². The zero-order valence-electron chi connectivity index (χ0n) is 21.0. The predicted octanol–water partition coefficient (Wildman–Crippen LogP) is 4.88. The molecule has 9 nitrogen and oxygen atoms in total. The van der Waals surface area contributed by atoms with Gasteiger partial charge in [-0.05, 0) is 63.7 Å². The second-order valence-electron chi connectivity index (χ2n) is 9.06. The second kappa shape index (κ2) is 12.3. The maximum absolute atomic E-state index is 13.5. The number of aliphatic carboxylic acids is 1. The molecule has 1 aromatic carbocycles. The number of nitrogens with one attached hydrogen (secondary N) is 2. The van der Waals surface area contributed by atoms with Gasteiger partial charge in [-0.1, -0.05) is 35.7 Å². The second-order valence-corrected chi connectivity index (χ2v) is 11.9. The third-order valence-corrected chi connectivity index (χ3v) is 9.57. The summed E-state index contributed by atoms with van der Waals surface area (Å²) in [5.74, 6) is -3.42. The first kappa shape index (κ1) is 28.8. The Balaban J connectivity index is 0.000000532. The van der Waals surface area contributed by atoms with Crippen LogP contribution < -0.4 is 10.6 Å². The third kappa shape index (κ3) is 7.25. The molecule has 3 aliphatic rings. The van der Waals surface area contributed by atoms with Crippen molar-refractivity contribution in [2.45, 2.75) is 73.3 Å². The van der Waals surface area contributed by atoms with Crippen LogP contribution in [0, 0.1) is 0 Å². The van der Waals surface area contributed by atoms with Crippen LogP contribution >= 0.6 is 23.2 Å². The van der Waals surface area contributed by atoms with E-state index in [-0.39, 0.29) is 29.6 Å². The lowest BCUT2D eigenvalue weighted by molar-refractivity contribution is -0.192. The molecule has 2 fully saturated rings. The molecule has 0 aromatic heterocycles. The van der Waals surface area contributed by atoms with Crippen molar-refractivity contribution in [1.29, 1.82) is 0 Å². The molecule has 212 valence electrons. The predicted molar refractivity (Wildman–Crippen MR) is 135 cm³/mol. The average molecular weight is 603 g/mol. The van der Waals surface area contributed by atoms with Gasteiger partial charge in [-0.15, -0.1) is 0 Å². The maximum atomic E-state index is 13.5. The van der Waals surface area contributed by atoms with Gasteiger partial charge >= 0.3 is 18.2 Å². The Kier molecular flexibility index (Phi) is 9.32. The van der Waals surface area contributed by atoms with Crippen molar-refractivity contribution in [3.8, 4) is 5.75 Å². The number of hydrogen-bond acceptors (Lipinski definition) is 6. The number of sulfone groups is 1. The molecule has 4 N–H and O–H groups in total. The van der Waals surface area contributed by atoms with E-state index in [1.54, 1.807) is 0 Å². The van der Waals surface area contributed by atoms with Gasteiger partial charge in [0.05, 0.1) is 22.0 Å². The van der Waals surface area contributed by atoms with Gasteiger partial charge < -0.3 is 25.7 Å². The minimum Gasteiger partial charge on any atom is -0.504 e. The number of halogens is 5. The number of nitrogens with zero attached hydrogens (tertiary/aromatic N) is 1. The first-order valence-electron chi connectivity index (χ1n) is 12.3. The third-order valence-electron chi connectivity index (χ3n) is 6.60. The molecule has 4 rings (SSSR count). The van der Waals surface area contributed by atoms with E-state index < -0.39 is 43.9 Å². The van der Waals surface area contributed by atoms with Crippen LogP contribution in [0.15, 0.2) is 28.1 Å². The lowest BCUT2D eigenvalue weighted by Crippen LogP contribution is -2.47. The highest BCUT2D eigenvalue weighted by Gasteiger charge is 2.39. The number of amides is 2. The maximum Gasteiger partial charge on any atom is 0.490 e. The topological polar surface area (TPSA) is 136 Å².